The summed E-state index contributed by atoms with van der Waals surface area (Å²) in [6.07, 6.45) is 16.7. The van der Waals surface area contributed by atoms with E-state index in [1.165, 1.54) is 38.7 Å². The number of hydrogen-bond donors (Lipinski definition) is 4. The van der Waals surface area contributed by atoms with Crippen LogP contribution in [0.15, 0.2) is 49.1 Å². The van der Waals surface area contributed by atoms with Crippen molar-refractivity contribution in [2.45, 2.75) is 121 Å². The second-order valence-corrected chi connectivity index (χ2v) is 17.6. The van der Waals surface area contributed by atoms with Gasteiger partial charge in [0.05, 0.1) is 80.0 Å². The molecule has 3 aliphatic carbocycles. The maximum atomic E-state index is 14.6. The SMILES string of the molecule is COc1cnc2ccc(F)c(CNC3CCC(N)CC3)c2n1.COc1cnc2ccc(F)c(CNC3CCC(NCc4cnc5c(n4)CC(=O)CO5)CC3)c2n1.O=Cc1cnc2c(n1)CC(=O)CC2.[B]. The Morgan fingerprint density at radius 2 is 1.19 bits per heavy atom. The number of ether oxygens (including phenoxy) is 3. The fourth-order valence-corrected chi connectivity index (χ4v) is 8.86. The lowest BCUT2D eigenvalue weighted by Gasteiger charge is -2.30. The Bertz CT molecular complexity index is 2800. The Morgan fingerprint density at radius 1 is 0.643 bits per heavy atom. The largest absolute Gasteiger partial charge is 0.480 e. The number of rotatable bonds is 12. The van der Waals surface area contributed by atoms with Crippen LogP contribution < -0.4 is 35.9 Å². The molecule has 2 saturated carbocycles. The second kappa shape index (κ2) is 24.3. The minimum atomic E-state index is -0.295. The Labute approximate surface area is 405 Å². The lowest BCUT2D eigenvalue weighted by Crippen LogP contribution is -2.39. The minimum Gasteiger partial charge on any atom is -0.480 e. The van der Waals surface area contributed by atoms with E-state index in [9.17, 15) is 23.2 Å². The summed E-state index contributed by atoms with van der Waals surface area (Å²) in [5.41, 5.74) is 12.6. The lowest BCUT2D eigenvalue weighted by atomic mass is 9.91. The van der Waals surface area contributed by atoms with E-state index in [0.29, 0.717) is 137 Å². The molecule has 3 radical (unpaired) electrons. The summed E-state index contributed by atoms with van der Waals surface area (Å²) in [6.45, 7) is 1.49. The number of nitrogens with one attached hydrogen (secondary N) is 3. The number of carbonyl (C=O) groups excluding carboxylic acids is 3. The van der Waals surface area contributed by atoms with Gasteiger partial charge >= 0.3 is 0 Å². The number of fused-ring (bicyclic) bond motifs is 4. The summed E-state index contributed by atoms with van der Waals surface area (Å²) in [7, 11) is 3.05. The number of aryl methyl sites for hydroxylation is 1. The zero-order chi connectivity index (χ0) is 48.3. The fraction of sp³-hybridized carbons (Fsp3) is 0.449. The van der Waals surface area contributed by atoms with Crippen molar-refractivity contribution in [2.75, 3.05) is 20.8 Å². The molecule has 5 heterocycles. The van der Waals surface area contributed by atoms with Gasteiger partial charge in [-0.25, -0.2) is 43.7 Å². The third kappa shape index (κ3) is 13.2. The molecule has 18 nitrogen and oxygen atoms in total. The number of Topliss-reactive ketones (excluding diaryl/α,β-unsaturated/α-hetero) is 2. The van der Waals surface area contributed by atoms with E-state index in [1.807, 2.05) is 0 Å². The van der Waals surface area contributed by atoms with Crippen LogP contribution in [0.1, 0.15) is 102 Å². The molecule has 2 fully saturated rings. The highest BCUT2D eigenvalue weighted by molar-refractivity contribution is 5.84. The molecule has 70 heavy (non-hydrogen) atoms. The normalized spacial score (nSPS) is 19.5. The zero-order valence-corrected chi connectivity index (χ0v) is 39.3. The fourth-order valence-electron chi connectivity index (χ4n) is 8.86. The number of carbonyl (C=O) groups is 3. The molecular formula is C49H56BF2N12O6. The number of ketones is 2. The monoisotopic (exact) mass is 957 g/mol. The van der Waals surface area contributed by atoms with Crippen molar-refractivity contribution < 1.29 is 37.4 Å². The molecular weight excluding hydrogens is 901 g/mol. The Hall–Kier alpha value is -6.55. The van der Waals surface area contributed by atoms with Gasteiger partial charge in [-0.2, -0.15) is 0 Å². The van der Waals surface area contributed by atoms with Crippen molar-refractivity contribution >= 4 is 48.3 Å². The van der Waals surface area contributed by atoms with Crippen LogP contribution in [0.5, 0.6) is 17.6 Å². The highest BCUT2D eigenvalue weighted by Crippen LogP contribution is 2.26. The first-order chi connectivity index (χ1) is 33.5. The van der Waals surface area contributed by atoms with Crippen LogP contribution in [-0.4, -0.2) is 111 Å². The van der Waals surface area contributed by atoms with Gasteiger partial charge in [-0.3, -0.25) is 19.4 Å². The van der Waals surface area contributed by atoms with Gasteiger partial charge in [-0.1, -0.05) is 0 Å². The van der Waals surface area contributed by atoms with Gasteiger partial charge in [-0.05, 0) is 82.1 Å². The number of hydrogen-bond acceptors (Lipinski definition) is 18. The number of benzene rings is 2. The van der Waals surface area contributed by atoms with Crippen molar-refractivity contribution in [1.82, 2.24) is 55.8 Å². The van der Waals surface area contributed by atoms with Crippen LogP contribution in [0, 0.1) is 11.6 Å². The molecule has 6 aromatic rings. The number of methoxy groups -OCH3 is 2. The summed E-state index contributed by atoms with van der Waals surface area (Å²) >= 11 is 0. The molecule has 0 spiro atoms. The number of nitrogens with zero attached hydrogens (tertiary/aromatic N) is 8. The van der Waals surface area contributed by atoms with E-state index in [0.717, 1.165) is 62.8 Å². The van der Waals surface area contributed by atoms with E-state index in [4.69, 9.17) is 19.9 Å². The molecule has 365 valence electrons. The van der Waals surface area contributed by atoms with Gasteiger partial charge < -0.3 is 35.9 Å². The standard InChI is InChI=1S/C24H27FN6O3.C16H21FN4O.C9H8N2O2.B/c1-33-22-12-28-20-7-6-19(25)18(23(20)31-22)11-27-15-4-2-14(3-5-15)26-9-16-10-29-24-21(30-16)8-17(32)13-34-24;1-22-15-9-20-14-7-6-13(17)12(16(14)21-15)8-19-11-4-2-10(18)3-5-11;12-5-6-4-10-8-2-1-7(13)3-9(8)11-6;/h6-7,10,12,14-15,26-27H,2-5,8-9,11,13H2,1H3;6-7,9-11,19H,2-5,8,18H2,1H3;4-5H,1-3H2;. The van der Waals surface area contributed by atoms with Crippen molar-refractivity contribution in [3.8, 4) is 17.6 Å². The van der Waals surface area contributed by atoms with E-state index in [1.54, 1.807) is 24.5 Å². The van der Waals surface area contributed by atoms with Crippen LogP contribution in [-0.2, 0) is 48.5 Å². The number of halogens is 2. The average molecular weight is 958 g/mol. The van der Waals surface area contributed by atoms with Crippen molar-refractivity contribution in [2.24, 2.45) is 5.73 Å². The smallest absolute Gasteiger partial charge is 0.236 e. The molecule has 0 atom stereocenters. The maximum absolute atomic E-state index is 14.6. The lowest BCUT2D eigenvalue weighted by molar-refractivity contribution is -0.121. The van der Waals surface area contributed by atoms with Gasteiger partial charge in [0, 0.05) is 69.8 Å². The molecule has 1 aliphatic heterocycles. The molecule has 10 rings (SSSR count). The summed E-state index contributed by atoms with van der Waals surface area (Å²) in [6, 6.07) is 7.52. The number of aldehydes is 1. The molecule has 4 aromatic heterocycles. The minimum absolute atomic E-state index is 0. The molecule has 0 saturated heterocycles. The summed E-state index contributed by atoms with van der Waals surface area (Å²) in [5.74, 6) is 0.849. The van der Waals surface area contributed by atoms with Crippen LogP contribution in [0.3, 0.4) is 0 Å². The quantitative estimate of drug-likeness (QED) is 0.0983. The van der Waals surface area contributed by atoms with Gasteiger partial charge in [-0.15, -0.1) is 0 Å². The Kier molecular flexibility index (Phi) is 17.8. The molecule has 4 aliphatic rings. The molecule has 2 aromatic carbocycles. The van der Waals surface area contributed by atoms with E-state index in [-0.39, 0.29) is 44.6 Å². The molecule has 0 bridgehead atoms. The van der Waals surface area contributed by atoms with Crippen LogP contribution in [0.4, 0.5) is 8.78 Å². The first-order valence-corrected chi connectivity index (χ1v) is 23.3. The highest BCUT2D eigenvalue weighted by Gasteiger charge is 2.24. The highest BCUT2D eigenvalue weighted by atomic mass is 19.1. The third-order valence-corrected chi connectivity index (χ3v) is 12.8. The first-order valence-electron chi connectivity index (χ1n) is 23.3. The average Bonchev–Trinajstić information content (AvgIpc) is 3.38. The van der Waals surface area contributed by atoms with Gasteiger partial charge in [0.15, 0.2) is 12.1 Å². The van der Waals surface area contributed by atoms with Crippen molar-refractivity contribution in [1.29, 1.82) is 0 Å². The van der Waals surface area contributed by atoms with E-state index < -0.39 is 0 Å². The number of nitrogens with two attached hydrogens (primary N) is 1. The molecule has 0 unspecified atom stereocenters. The van der Waals surface area contributed by atoms with Gasteiger partial charge in [0.25, 0.3) is 0 Å². The predicted octanol–water partition coefficient (Wildman–Crippen LogP) is 4.37. The molecule has 5 N–H and O–H groups in total. The van der Waals surface area contributed by atoms with E-state index >= 15 is 0 Å². The molecule has 0 amide bonds. The summed E-state index contributed by atoms with van der Waals surface area (Å²) in [5, 5.41) is 10.5. The predicted molar refractivity (Wildman–Crippen MR) is 255 cm³/mol. The molecule has 21 heteroatoms. The Balaban J connectivity index is 0.000000171. The first kappa shape index (κ1) is 51.3. The zero-order valence-electron chi connectivity index (χ0n) is 39.3. The van der Waals surface area contributed by atoms with Gasteiger partial charge in [0.1, 0.15) is 46.4 Å². The topological polar surface area (TPSA) is 244 Å². The van der Waals surface area contributed by atoms with Crippen molar-refractivity contribution in [3.05, 3.63) is 100 Å². The van der Waals surface area contributed by atoms with Crippen LogP contribution >= 0.6 is 0 Å². The second-order valence-electron chi connectivity index (χ2n) is 17.6. The number of aromatic nitrogens is 8. The van der Waals surface area contributed by atoms with Crippen molar-refractivity contribution in [3.63, 3.8) is 0 Å². The maximum Gasteiger partial charge on any atom is 0.236 e. The van der Waals surface area contributed by atoms with Gasteiger partial charge in [0.2, 0.25) is 17.6 Å². The van der Waals surface area contributed by atoms with E-state index in [2.05, 4.69) is 55.8 Å². The summed E-state index contributed by atoms with van der Waals surface area (Å²) in [4.78, 5) is 67.3. The summed E-state index contributed by atoms with van der Waals surface area (Å²) < 4.78 is 44.3. The van der Waals surface area contributed by atoms with Crippen LogP contribution in [0.2, 0.25) is 0 Å². The van der Waals surface area contributed by atoms with Crippen LogP contribution in [0.25, 0.3) is 22.1 Å². The Morgan fingerprint density at radius 3 is 1.74 bits per heavy atom. The third-order valence-electron chi connectivity index (χ3n) is 12.8.